The van der Waals surface area contributed by atoms with Gasteiger partial charge in [-0.3, -0.25) is 9.89 Å². The lowest BCUT2D eigenvalue weighted by Crippen LogP contribution is -2.48. The zero-order valence-corrected chi connectivity index (χ0v) is 18.3. The summed E-state index contributed by atoms with van der Waals surface area (Å²) in [6.45, 7) is 11.8. The van der Waals surface area contributed by atoms with E-state index in [1.165, 1.54) is 31.5 Å². The summed E-state index contributed by atoms with van der Waals surface area (Å²) in [6, 6.07) is 6.83. The van der Waals surface area contributed by atoms with E-state index in [1.807, 2.05) is 7.05 Å². The Balaban J connectivity index is 1.90. The van der Waals surface area contributed by atoms with Crippen LogP contribution in [0.15, 0.2) is 23.2 Å². The van der Waals surface area contributed by atoms with Crippen molar-refractivity contribution < 1.29 is 9.47 Å². The first-order valence-corrected chi connectivity index (χ1v) is 10.4. The molecule has 158 valence electrons. The molecule has 1 heterocycles. The largest absolute Gasteiger partial charge is 0.491 e. The molecule has 2 rings (SSSR count). The van der Waals surface area contributed by atoms with Crippen molar-refractivity contribution in [3.63, 3.8) is 0 Å². The molecule has 0 radical (unpaired) electrons. The molecule has 1 unspecified atom stereocenters. The number of hydrogen-bond donors (Lipinski definition) is 2. The van der Waals surface area contributed by atoms with E-state index < -0.39 is 0 Å². The molecule has 0 aromatic heterocycles. The zero-order chi connectivity index (χ0) is 20.4. The molecule has 1 fully saturated rings. The lowest BCUT2D eigenvalue weighted by Gasteiger charge is -2.31. The van der Waals surface area contributed by atoms with Crippen LogP contribution in [0.25, 0.3) is 0 Å². The molecule has 1 aliphatic heterocycles. The fourth-order valence-electron chi connectivity index (χ4n) is 3.64. The number of benzene rings is 1. The molecule has 0 saturated carbocycles. The highest BCUT2D eigenvalue weighted by Crippen LogP contribution is 2.20. The highest BCUT2D eigenvalue weighted by molar-refractivity contribution is 5.79. The summed E-state index contributed by atoms with van der Waals surface area (Å²) in [6.07, 6.45) is 2.63. The number of aryl methyl sites for hydroxylation is 1. The summed E-state index contributed by atoms with van der Waals surface area (Å²) in [4.78, 5) is 7.00. The number of hydrogen-bond acceptors (Lipinski definition) is 4. The van der Waals surface area contributed by atoms with Crippen LogP contribution in [0.3, 0.4) is 0 Å². The smallest absolute Gasteiger partial charge is 0.191 e. The van der Waals surface area contributed by atoms with Crippen LogP contribution >= 0.6 is 0 Å². The van der Waals surface area contributed by atoms with E-state index in [-0.39, 0.29) is 0 Å². The van der Waals surface area contributed by atoms with E-state index in [0.29, 0.717) is 31.7 Å². The molecule has 1 aliphatic rings. The summed E-state index contributed by atoms with van der Waals surface area (Å²) < 4.78 is 11.0. The summed E-state index contributed by atoms with van der Waals surface area (Å²) in [5, 5.41) is 6.95. The van der Waals surface area contributed by atoms with E-state index in [1.54, 1.807) is 7.11 Å². The molecule has 0 aliphatic carbocycles. The second kappa shape index (κ2) is 11.9. The number of nitrogens with zero attached hydrogens (tertiary/aromatic N) is 2. The van der Waals surface area contributed by atoms with Gasteiger partial charge in [-0.2, -0.15) is 0 Å². The molecule has 28 heavy (non-hydrogen) atoms. The van der Waals surface area contributed by atoms with E-state index in [2.05, 4.69) is 59.5 Å². The van der Waals surface area contributed by atoms with Crippen LogP contribution in [0, 0.1) is 12.8 Å². The maximum Gasteiger partial charge on any atom is 0.191 e. The minimum Gasteiger partial charge on any atom is -0.491 e. The molecular weight excluding hydrogens is 352 g/mol. The number of guanidine groups is 1. The standard InChI is InChI=1S/C22H38N4O2/c1-17(2)20(26-10-6-7-11-26)16-25-22(23-4)24-15-19-9-8-18(3)14-21(19)28-13-12-27-5/h8-9,14,17,20H,6-7,10-13,15-16H2,1-5H3,(H2,23,24,25). The van der Waals surface area contributed by atoms with Gasteiger partial charge in [-0.25, -0.2) is 0 Å². The third-order valence-corrected chi connectivity index (χ3v) is 5.30. The summed E-state index contributed by atoms with van der Waals surface area (Å²) in [5.41, 5.74) is 2.30. The van der Waals surface area contributed by atoms with Gasteiger partial charge in [0.25, 0.3) is 0 Å². The lowest BCUT2D eigenvalue weighted by atomic mass is 10.0. The Morgan fingerprint density at radius 3 is 2.57 bits per heavy atom. The number of methoxy groups -OCH3 is 1. The Labute approximate surface area is 170 Å². The van der Waals surface area contributed by atoms with Gasteiger partial charge in [0.1, 0.15) is 12.4 Å². The first-order valence-electron chi connectivity index (χ1n) is 10.4. The fourth-order valence-corrected chi connectivity index (χ4v) is 3.64. The van der Waals surface area contributed by atoms with Crippen molar-refractivity contribution in [1.82, 2.24) is 15.5 Å². The average molecular weight is 391 g/mol. The van der Waals surface area contributed by atoms with Crippen molar-refractivity contribution in [3.8, 4) is 5.75 Å². The molecular formula is C22H38N4O2. The van der Waals surface area contributed by atoms with Crippen LogP contribution < -0.4 is 15.4 Å². The summed E-state index contributed by atoms with van der Waals surface area (Å²) in [5.74, 6) is 2.34. The molecule has 1 saturated heterocycles. The Kier molecular flexibility index (Phi) is 9.58. The fraction of sp³-hybridized carbons (Fsp3) is 0.682. The normalized spacial score (nSPS) is 16.4. The van der Waals surface area contributed by atoms with Crippen molar-refractivity contribution in [2.45, 2.75) is 46.2 Å². The summed E-state index contributed by atoms with van der Waals surface area (Å²) in [7, 11) is 3.50. The van der Waals surface area contributed by atoms with Gasteiger partial charge in [0.15, 0.2) is 5.96 Å². The second-order valence-corrected chi connectivity index (χ2v) is 7.81. The van der Waals surface area contributed by atoms with Gasteiger partial charge in [-0.05, 0) is 50.4 Å². The van der Waals surface area contributed by atoms with Crippen LogP contribution in [0.2, 0.25) is 0 Å². The van der Waals surface area contributed by atoms with Crippen LogP contribution in [-0.2, 0) is 11.3 Å². The van der Waals surface area contributed by atoms with E-state index in [0.717, 1.165) is 23.8 Å². The molecule has 6 heteroatoms. The minimum atomic E-state index is 0.536. The first kappa shape index (κ1) is 22.5. The van der Waals surface area contributed by atoms with Crippen molar-refractivity contribution in [2.75, 3.05) is 47.0 Å². The molecule has 0 spiro atoms. The maximum atomic E-state index is 5.89. The number of nitrogens with one attached hydrogen (secondary N) is 2. The quantitative estimate of drug-likeness (QED) is 0.365. The van der Waals surface area contributed by atoms with E-state index >= 15 is 0 Å². The molecule has 1 aromatic carbocycles. The van der Waals surface area contributed by atoms with Crippen molar-refractivity contribution >= 4 is 5.96 Å². The predicted octanol–water partition coefficient (Wildman–Crippen LogP) is 2.81. The zero-order valence-electron chi connectivity index (χ0n) is 18.3. The minimum absolute atomic E-state index is 0.536. The van der Waals surface area contributed by atoms with E-state index in [9.17, 15) is 0 Å². The lowest BCUT2D eigenvalue weighted by molar-refractivity contribution is 0.145. The molecule has 1 atom stereocenters. The third kappa shape index (κ3) is 6.99. The number of likely N-dealkylation sites (tertiary alicyclic amines) is 1. The average Bonchev–Trinajstić information content (AvgIpc) is 3.20. The Morgan fingerprint density at radius 1 is 1.18 bits per heavy atom. The Bertz CT molecular complexity index is 613. The van der Waals surface area contributed by atoms with Gasteiger partial charge in [0, 0.05) is 38.9 Å². The van der Waals surface area contributed by atoms with Crippen molar-refractivity contribution in [3.05, 3.63) is 29.3 Å². The van der Waals surface area contributed by atoms with Gasteiger partial charge in [-0.15, -0.1) is 0 Å². The van der Waals surface area contributed by atoms with Gasteiger partial charge < -0.3 is 20.1 Å². The van der Waals surface area contributed by atoms with Crippen molar-refractivity contribution in [2.24, 2.45) is 10.9 Å². The number of rotatable bonds is 10. The topological polar surface area (TPSA) is 58.1 Å². The van der Waals surface area contributed by atoms with Gasteiger partial charge in [-0.1, -0.05) is 26.0 Å². The highest BCUT2D eigenvalue weighted by Gasteiger charge is 2.24. The third-order valence-electron chi connectivity index (χ3n) is 5.30. The Hall–Kier alpha value is -1.79. The van der Waals surface area contributed by atoms with Crippen LogP contribution in [0.1, 0.15) is 37.8 Å². The monoisotopic (exact) mass is 390 g/mol. The molecule has 0 amide bonds. The second-order valence-electron chi connectivity index (χ2n) is 7.81. The van der Waals surface area contributed by atoms with Crippen molar-refractivity contribution in [1.29, 1.82) is 0 Å². The first-order chi connectivity index (χ1) is 13.5. The number of aliphatic imine (C=N–C) groups is 1. The molecule has 6 nitrogen and oxygen atoms in total. The number of ether oxygens (including phenoxy) is 2. The maximum absolute atomic E-state index is 5.89. The molecule has 0 bridgehead atoms. The molecule has 1 aromatic rings. The van der Waals surface area contributed by atoms with Gasteiger partial charge in [0.2, 0.25) is 0 Å². The van der Waals surface area contributed by atoms with Crippen LogP contribution in [0.5, 0.6) is 5.75 Å². The summed E-state index contributed by atoms with van der Waals surface area (Å²) >= 11 is 0. The Morgan fingerprint density at radius 2 is 1.93 bits per heavy atom. The van der Waals surface area contributed by atoms with Crippen LogP contribution in [0.4, 0.5) is 0 Å². The van der Waals surface area contributed by atoms with Crippen LogP contribution in [-0.4, -0.2) is 63.9 Å². The predicted molar refractivity (Wildman–Crippen MR) is 116 cm³/mol. The van der Waals surface area contributed by atoms with E-state index in [4.69, 9.17) is 9.47 Å². The highest BCUT2D eigenvalue weighted by atomic mass is 16.5. The van der Waals surface area contributed by atoms with Gasteiger partial charge >= 0.3 is 0 Å². The SMILES string of the molecule is CN=C(NCc1ccc(C)cc1OCCOC)NCC(C(C)C)N1CCCC1. The molecule has 2 N–H and O–H groups in total. The van der Waals surface area contributed by atoms with Gasteiger partial charge in [0.05, 0.1) is 6.61 Å².